The van der Waals surface area contributed by atoms with Gasteiger partial charge in [0.2, 0.25) is 5.43 Å². The molecule has 1 aromatic heterocycles. The van der Waals surface area contributed by atoms with E-state index < -0.39 is 17.4 Å². The normalized spacial score (nSPS) is 10.1. The molecule has 0 radical (unpaired) electrons. The smallest absolute Gasteiger partial charge is 0.269 e. The fraction of sp³-hybridized carbons (Fsp3) is 0.250. The number of rotatable bonds is 1. The van der Waals surface area contributed by atoms with Crippen LogP contribution in [0.1, 0.15) is 23.2 Å². The predicted molar refractivity (Wildman–Crippen MR) is 41.5 cm³/mol. The number of nitrogens with zero attached hydrogens (tertiary/aromatic N) is 1. The Balaban J connectivity index is 3.51. The van der Waals surface area contributed by atoms with Crippen LogP contribution < -0.4 is 5.43 Å². The highest BCUT2D eigenvalue weighted by atomic mass is 19.3. The molecule has 0 spiro atoms. The van der Waals surface area contributed by atoms with Gasteiger partial charge in [0.25, 0.3) is 6.43 Å². The number of pyridine rings is 1. The van der Waals surface area contributed by atoms with Gasteiger partial charge in [-0.15, -0.1) is 0 Å². The van der Waals surface area contributed by atoms with Crippen molar-refractivity contribution in [2.45, 2.75) is 13.3 Å². The molecule has 68 valence electrons. The maximum atomic E-state index is 12.3. The van der Waals surface area contributed by atoms with Crippen molar-refractivity contribution < 1.29 is 8.78 Å². The fourth-order valence-electron chi connectivity index (χ4n) is 0.985. The van der Waals surface area contributed by atoms with Gasteiger partial charge in [0.05, 0.1) is 5.56 Å². The molecule has 0 fully saturated rings. The summed E-state index contributed by atoms with van der Waals surface area (Å²) in [7, 11) is 0. The molecule has 13 heavy (non-hydrogen) atoms. The number of hydrogen-bond acceptors (Lipinski definition) is 2. The lowest BCUT2D eigenvalue weighted by Gasteiger charge is -2.02. The molecule has 1 rings (SSSR count). The number of nitriles is 1. The van der Waals surface area contributed by atoms with E-state index in [9.17, 15) is 13.6 Å². The van der Waals surface area contributed by atoms with Crippen LogP contribution in [-0.2, 0) is 0 Å². The van der Waals surface area contributed by atoms with Crippen LogP contribution in [0.15, 0.2) is 11.0 Å². The summed E-state index contributed by atoms with van der Waals surface area (Å²) in [5.41, 5.74) is -1.72. The Hall–Kier alpha value is -1.70. The van der Waals surface area contributed by atoms with Crippen LogP contribution in [0.25, 0.3) is 0 Å². The Labute approximate surface area is 72.6 Å². The highest BCUT2D eigenvalue weighted by molar-refractivity contribution is 5.33. The van der Waals surface area contributed by atoms with E-state index in [0.717, 1.165) is 6.20 Å². The molecule has 5 heteroatoms. The molecule has 0 amide bonds. The lowest BCUT2D eigenvalue weighted by atomic mass is 10.1. The SMILES string of the molecule is Cc1[nH]cc(C#N)c(=O)c1C(F)F. The number of aromatic nitrogens is 1. The molecule has 1 aromatic rings. The van der Waals surface area contributed by atoms with Gasteiger partial charge in [0.15, 0.2) is 0 Å². The van der Waals surface area contributed by atoms with Gasteiger partial charge < -0.3 is 4.98 Å². The van der Waals surface area contributed by atoms with E-state index in [0.29, 0.717) is 0 Å². The molecule has 1 heterocycles. The molecule has 3 nitrogen and oxygen atoms in total. The third-order valence-electron chi connectivity index (χ3n) is 1.66. The molecule has 0 saturated carbocycles. The van der Waals surface area contributed by atoms with E-state index in [1.807, 2.05) is 0 Å². The first-order valence-corrected chi connectivity index (χ1v) is 3.48. The maximum absolute atomic E-state index is 12.3. The molecule has 0 aliphatic heterocycles. The minimum Gasteiger partial charge on any atom is -0.363 e. The Morgan fingerprint density at radius 2 is 2.23 bits per heavy atom. The van der Waals surface area contributed by atoms with Gasteiger partial charge in [0.1, 0.15) is 11.6 Å². The van der Waals surface area contributed by atoms with Crippen LogP contribution >= 0.6 is 0 Å². The highest BCUT2D eigenvalue weighted by Crippen LogP contribution is 2.17. The molecule has 0 unspecified atom stereocenters. The zero-order valence-electron chi connectivity index (χ0n) is 6.77. The first kappa shape index (κ1) is 9.39. The Morgan fingerprint density at radius 3 is 2.69 bits per heavy atom. The molecule has 0 atom stereocenters. The van der Waals surface area contributed by atoms with E-state index in [-0.39, 0.29) is 11.3 Å². The summed E-state index contributed by atoms with van der Waals surface area (Å²) in [5.74, 6) is 0. The summed E-state index contributed by atoms with van der Waals surface area (Å²) < 4.78 is 24.6. The highest BCUT2D eigenvalue weighted by Gasteiger charge is 2.17. The second-order valence-corrected chi connectivity index (χ2v) is 2.48. The van der Waals surface area contributed by atoms with Crippen molar-refractivity contribution in [2.24, 2.45) is 0 Å². The average Bonchev–Trinajstić information content (AvgIpc) is 2.04. The monoisotopic (exact) mass is 184 g/mol. The Bertz CT molecular complexity index is 417. The number of halogens is 2. The summed E-state index contributed by atoms with van der Waals surface area (Å²) in [6.45, 7) is 1.37. The van der Waals surface area contributed by atoms with Gasteiger partial charge in [-0.3, -0.25) is 4.79 Å². The number of alkyl halides is 2. The summed E-state index contributed by atoms with van der Waals surface area (Å²) in [6.07, 6.45) is -1.72. The predicted octanol–water partition coefficient (Wildman–Crippen LogP) is 1.49. The van der Waals surface area contributed by atoms with E-state index >= 15 is 0 Å². The zero-order chi connectivity index (χ0) is 10.0. The van der Waals surface area contributed by atoms with Crippen LogP contribution in [0.2, 0.25) is 0 Å². The van der Waals surface area contributed by atoms with Crippen LogP contribution in [0.3, 0.4) is 0 Å². The Kier molecular flexibility index (Phi) is 2.42. The molecular formula is C8H6F2N2O. The summed E-state index contributed by atoms with van der Waals surface area (Å²) in [5, 5.41) is 8.40. The number of H-pyrrole nitrogens is 1. The second-order valence-electron chi connectivity index (χ2n) is 2.48. The topological polar surface area (TPSA) is 56.6 Å². The largest absolute Gasteiger partial charge is 0.363 e. The minimum atomic E-state index is -2.85. The van der Waals surface area contributed by atoms with Crippen molar-refractivity contribution in [3.8, 4) is 6.07 Å². The Morgan fingerprint density at radius 1 is 1.62 bits per heavy atom. The lowest BCUT2D eigenvalue weighted by Crippen LogP contribution is -2.15. The average molecular weight is 184 g/mol. The standard InChI is InChI=1S/C8H6F2N2O/c1-4-6(8(9)10)7(13)5(2-11)3-12-4/h3,8H,1H3,(H,12,13). The van der Waals surface area contributed by atoms with Gasteiger partial charge in [-0.25, -0.2) is 8.78 Å². The van der Waals surface area contributed by atoms with Crippen LogP contribution in [-0.4, -0.2) is 4.98 Å². The zero-order valence-corrected chi connectivity index (χ0v) is 6.77. The van der Waals surface area contributed by atoms with Crippen molar-refractivity contribution in [1.82, 2.24) is 4.98 Å². The first-order chi connectivity index (χ1) is 6.07. The molecule has 0 bridgehead atoms. The third-order valence-corrected chi connectivity index (χ3v) is 1.66. The summed E-state index contributed by atoms with van der Waals surface area (Å²) in [4.78, 5) is 13.6. The molecule has 0 aliphatic carbocycles. The van der Waals surface area contributed by atoms with Crippen molar-refractivity contribution in [3.63, 3.8) is 0 Å². The quantitative estimate of drug-likeness (QED) is 0.718. The van der Waals surface area contributed by atoms with Crippen molar-refractivity contribution in [2.75, 3.05) is 0 Å². The van der Waals surface area contributed by atoms with Crippen molar-refractivity contribution >= 4 is 0 Å². The maximum Gasteiger partial charge on any atom is 0.269 e. The molecule has 0 aromatic carbocycles. The van der Waals surface area contributed by atoms with E-state index in [4.69, 9.17) is 5.26 Å². The second kappa shape index (κ2) is 3.35. The van der Waals surface area contributed by atoms with Crippen molar-refractivity contribution in [1.29, 1.82) is 5.26 Å². The number of hydrogen-bond donors (Lipinski definition) is 1. The third kappa shape index (κ3) is 1.56. The minimum absolute atomic E-state index is 0.0963. The summed E-state index contributed by atoms with van der Waals surface area (Å²) >= 11 is 0. The van der Waals surface area contributed by atoms with E-state index in [1.165, 1.54) is 6.92 Å². The van der Waals surface area contributed by atoms with Gasteiger partial charge in [-0.2, -0.15) is 5.26 Å². The van der Waals surface area contributed by atoms with E-state index in [1.54, 1.807) is 6.07 Å². The molecule has 1 N–H and O–H groups in total. The molecule has 0 saturated heterocycles. The van der Waals surface area contributed by atoms with E-state index in [2.05, 4.69) is 4.98 Å². The lowest BCUT2D eigenvalue weighted by molar-refractivity contribution is 0.149. The summed E-state index contributed by atoms with van der Waals surface area (Å²) in [6, 6.07) is 1.54. The first-order valence-electron chi connectivity index (χ1n) is 3.48. The number of aryl methyl sites for hydroxylation is 1. The van der Waals surface area contributed by atoms with Gasteiger partial charge >= 0.3 is 0 Å². The van der Waals surface area contributed by atoms with Gasteiger partial charge in [0, 0.05) is 11.9 Å². The van der Waals surface area contributed by atoms with Crippen LogP contribution in [0.5, 0.6) is 0 Å². The number of nitrogens with one attached hydrogen (secondary N) is 1. The van der Waals surface area contributed by atoms with Gasteiger partial charge in [-0.05, 0) is 6.92 Å². The van der Waals surface area contributed by atoms with Gasteiger partial charge in [-0.1, -0.05) is 0 Å². The molecular weight excluding hydrogens is 178 g/mol. The van der Waals surface area contributed by atoms with Crippen molar-refractivity contribution in [3.05, 3.63) is 33.2 Å². The van der Waals surface area contributed by atoms with Crippen LogP contribution in [0.4, 0.5) is 8.78 Å². The van der Waals surface area contributed by atoms with Crippen LogP contribution in [0, 0.1) is 18.3 Å². The molecule has 0 aliphatic rings. The number of aromatic amines is 1. The fourth-order valence-corrected chi connectivity index (χ4v) is 0.985.